The molecule has 20 heavy (non-hydrogen) atoms. The van der Waals surface area contributed by atoms with E-state index in [9.17, 15) is 14.9 Å². The molecule has 1 amide bonds. The number of amides is 1. The van der Waals surface area contributed by atoms with Crippen molar-refractivity contribution in [2.45, 2.75) is 0 Å². The van der Waals surface area contributed by atoms with Crippen molar-refractivity contribution in [2.24, 2.45) is 0 Å². The Morgan fingerprint density at radius 1 is 1.20 bits per heavy atom. The Morgan fingerprint density at radius 2 is 1.85 bits per heavy atom. The molecule has 0 aliphatic carbocycles. The van der Waals surface area contributed by atoms with Crippen LogP contribution >= 0.6 is 38.5 Å². The lowest BCUT2D eigenvalue weighted by Crippen LogP contribution is -2.13. The van der Waals surface area contributed by atoms with Gasteiger partial charge in [-0.1, -0.05) is 15.9 Å². The largest absolute Gasteiger partial charge is 0.322 e. The first-order valence-electron chi connectivity index (χ1n) is 5.48. The number of nitrogens with one attached hydrogen (secondary N) is 1. The van der Waals surface area contributed by atoms with Crippen LogP contribution in [0.3, 0.4) is 0 Å². The number of halogens is 2. The van der Waals surface area contributed by atoms with Crippen molar-refractivity contribution in [1.29, 1.82) is 0 Å². The number of anilines is 1. The van der Waals surface area contributed by atoms with Crippen molar-refractivity contribution in [2.75, 3.05) is 5.32 Å². The molecule has 0 radical (unpaired) electrons. The molecule has 5 nitrogen and oxygen atoms in total. The predicted molar refractivity (Wildman–Crippen MR) is 87.9 cm³/mol. The van der Waals surface area contributed by atoms with E-state index >= 15 is 0 Å². The summed E-state index contributed by atoms with van der Waals surface area (Å²) < 4.78 is 1.56. The van der Waals surface area contributed by atoms with E-state index in [-0.39, 0.29) is 17.2 Å². The maximum Gasteiger partial charge on any atom is 0.270 e. The lowest BCUT2D eigenvalue weighted by molar-refractivity contribution is -0.384. The summed E-state index contributed by atoms with van der Waals surface area (Å²) in [4.78, 5) is 22.4. The fourth-order valence-electron chi connectivity index (χ4n) is 1.53. The minimum atomic E-state index is -0.521. The molecule has 102 valence electrons. The van der Waals surface area contributed by atoms with E-state index in [0.29, 0.717) is 9.26 Å². The highest BCUT2D eigenvalue weighted by Gasteiger charge is 2.15. The van der Waals surface area contributed by atoms with Gasteiger partial charge in [0.2, 0.25) is 0 Å². The molecule has 2 aromatic carbocycles. The second-order valence-corrected chi connectivity index (χ2v) is 5.96. The van der Waals surface area contributed by atoms with Crippen LogP contribution < -0.4 is 5.32 Å². The average Bonchev–Trinajstić information content (AvgIpc) is 2.41. The van der Waals surface area contributed by atoms with Crippen LogP contribution in [0, 0.1) is 13.7 Å². The summed E-state index contributed by atoms with van der Waals surface area (Å²) in [6.07, 6.45) is 0. The molecule has 2 aromatic rings. The third kappa shape index (κ3) is 3.54. The Kier molecular flexibility index (Phi) is 4.71. The highest BCUT2D eigenvalue weighted by atomic mass is 127. The highest BCUT2D eigenvalue weighted by Crippen LogP contribution is 2.21. The third-order valence-corrected chi connectivity index (χ3v) is 3.98. The van der Waals surface area contributed by atoms with Crippen LogP contribution in [-0.4, -0.2) is 10.8 Å². The summed E-state index contributed by atoms with van der Waals surface area (Å²) in [5.41, 5.74) is 0.801. The Morgan fingerprint density at radius 3 is 2.45 bits per heavy atom. The van der Waals surface area contributed by atoms with Crippen molar-refractivity contribution in [3.63, 3.8) is 0 Å². The zero-order valence-corrected chi connectivity index (χ0v) is 13.7. The zero-order valence-electron chi connectivity index (χ0n) is 9.97. The summed E-state index contributed by atoms with van der Waals surface area (Å²) in [6, 6.07) is 11.3. The van der Waals surface area contributed by atoms with E-state index in [1.54, 1.807) is 30.3 Å². The van der Waals surface area contributed by atoms with Crippen LogP contribution in [0.1, 0.15) is 10.4 Å². The van der Waals surface area contributed by atoms with E-state index < -0.39 is 4.92 Å². The van der Waals surface area contributed by atoms with Crippen LogP contribution in [0.25, 0.3) is 0 Å². The molecule has 0 spiro atoms. The van der Waals surface area contributed by atoms with E-state index in [4.69, 9.17) is 0 Å². The smallest absolute Gasteiger partial charge is 0.270 e. The van der Waals surface area contributed by atoms with Crippen molar-refractivity contribution in [3.8, 4) is 0 Å². The quantitative estimate of drug-likeness (QED) is 0.436. The Hall–Kier alpha value is -1.48. The molecule has 0 aromatic heterocycles. The van der Waals surface area contributed by atoms with Gasteiger partial charge in [-0.25, -0.2) is 0 Å². The van der Waals surface area contributed by atoms with Gasteiger partial charge in [0.25, 0.3) is 11.6 Å². The number of benzene rings is 2. The number of hydrogen-bond acceptors (Lipinski definition) is 3. The van der Waals surface area contributed by atoms with Gasteiger partial charge in [-0.2, -0.15) is 0 Å². The summed E-state index contributed by atoms with van der Waals surface area (Å²) >= 11 is 5.28. The molecule has 0 bridgehead atoms. The van der Waals surface area contributed by atoms with Crippen LogP contribution in [0.4, 0.5) is 11.4 Å². The zero-order chi connectivity index (χ0) is 14.7. The molecule has 0 saturated heterocycles. The van der Waals surface area contributed by atoms with E-state index in [0.717, 1.165) is 4.47 Å². The molecule has 1 N–H and O–H groups in total. The number of carbonyl (C=O) groups excluding carboxylic acids is 1. The van der Waals surface area contributed by atoms with Gasteiger partial charge >= 0.3 is 0 Å². The molecule has 0 aliphatic rings. The van der Waals surface area contributed by atoms with Gasteiger partial charge in [-0.15, -0.1) is 0 Å². The Labute approximate surface area is 136 Å². The Bertz CT molecular complexity index is 674. The van der Waals surface area contributed by atoms with Crippen molar-refractivity contribution >= 4 is 55.8 Å². The third-order valence-electron chi connectivity index (χ3n) is 2.51. The van der Waals surface area contributed by atoms with Gasteiger partial charge in [0.05, 0.1) is 10.5 Å². The van der Waals surface area contributed by atoms with Crippen molar-refractivity contribution in [1.82, 2.24) is 0 Å². The van der Waals surface area contributed by atoms with Crippen LogP contribution in [0.15, 0.2) is 46.9 Å². The molecular formula is C13H8BrIN2O3. The minimum absolute atomic E-state index is 0.105. The number of nitro benzene ring substituents is 1. The first kappa shape index (κ1) is 14.9. The molecule has 2 rings (SSSR count). The lowest BCUT2D eigenvalue weighted by atomic mass is 10.2. The molecule has 0 fully saturated rings. The maximum atomic E-state index is 12.1. The molecular weight excluding hydrogens is 439 g/mol. The fraction of sp³-hybridized carbons (Fsp3) is 0. The number of rotatable bonds is 3. The summed E-state index contributed by atoms with van der Waals surface area (Å²) in [6.45, 7) is 0. The van der Waals surface area contributed by atoms with Crippen LogP contribution in [0.5, 0.6) is 0 Å². The van der Waals surface area contributed by atoms with Crippen molar-refractivity contribution in [3.05, 3.63) is 66.2 Å². The number of carbonyl (C=O) groups is 1. The first-order valence-corrected chi connectivity index (χ1v) is 7.35. The number of non-ortho nitro benzene ring substituents is 1. The average molecular weight is 447 g/mol. The minimum Gasteiger partial charge on any atom is -0.322 e. The SMILES string of the molecule is O=C(Nc1ccc(Br)cc1)c1cc([N+](=O)[O-])ccc1I. The summed E-state index contributed by atoms with van der Waals surface area (Å²) in [5.74, 6) is -0.375. The molecule has 0 unspecified atom stereocenters. The molecule has 0 aliphatic heterocycles. The molecule has 0 heterocycles. The number of nitrogens with zero attached hydrogens (tertiary/aromatic N) is 1. The highest BCUT2D eigenvalue weighted by molar-refractivity contribution is 14.1. The normalized spacial score (nSPS) is 10.1. The molecule has 0 atom stereocenters. The predicted octanol–water partition coefficient (Wildman–Crippen LogP) is 4.21. The second-order valence-electron chi connectivity index (χ2n) is 3.88. The topological polar surface area (TPSA) is 72.2 Å². The second kappa shape index (κ2) is 6.31. The van der Waals surface area contributed by atoms with E-state index in [2.05, 4.69) is 21.2 Å². The summed E-state index contributed by atoms with van der Waals surface area (Å²) in [5, 5.41) is 13.5. The molecule has 7 heteroatoms. The molecule has 0 saturated carbocycles. The number of nitro groups is 1. The summed E-state index contributed by atoms with van der Waals surface area (Å²) in [7, 11) is 0. The lowest BCUT2D eigenvalue weighted by Gasteiger charge is -2.07. The monoisotopic (exact) mass is 446 g/mol. The van der Waals surface area contributed by atoms with Gasteiger partial charge in [0, 0.05) is 25.9 Å². The Balaban J connectivity index is 2.26. The van der Waals surface area contributed by atoms with E-state index in [1.165, 1.54) is 12.1 Å². The fourth-order valence-corrected chi connectivity index (χ4v) is 2.38. The number of hydrogen-bond donors (Lipinski definition) is 1. The first-order chi connectivity index (χ1) is 9.47. The standard InChI is InChI=1S/C13H8BrIN2O3/c14-8-1-3-9(4-2-8)16-13(18)11-7-10(17(19)20)5-6-12(11)15/h1-7H,(H,16,18). The van der Waals surface area contributed by atoms with Crippen LogP contribution in [0.2, 0.25) is 0 Å². The van der Waals surface area contributed by atoms with Crippen LogP contribution in [-0.2, 0) is 0 Å². The van der Waals surface area contributed by atoms with Gasteiger partial charge in [0.15, 0.2) is 0 Å². The van der Waals surface area contributed by atoms with E-state index in [1.807, 2.05) is 22.6 Å². The van der Waals surface area contributed by atoms with Gasteiger partial charge in [0.1, 0.15) is 0 Å². The van der Waals surface area contributed by atoms with Crippen molar-refractivity contribution < 1.29 is 9.72 Å². The maximum absolute atomic E-state index is 12.1. The van der Waals surface area contributed by atoms with Gasteiger partial charge in [-0.3, -0.25) is 14.9 Å². The van der Waals surface area contributed by atoms with Gasteiger partial charge < -0.3 is 5.32 Å². The van der Waals surface area contributed by atoms with Gasteiger partial charge in [-0.05, 0) is 52.9 Å².